The van der Waals surface area contributed by atoms with Gasteiger partial charge in [0.15, 0.2) is 0 Å². The molecule has 0 saturated heterocycles. The van der Waals surface area contributed by atoms with Gasteiger partial charge >= 0.3 is 0 Å². The Labute approximate surface area is 130 Å². The van der Waals surface area contributed by atoms with Crippen LogP contribution in [0.15, 0.2) is 40.9 Å². The minimum atomic E-state index is 0.474. The fraction of sp³-hybridized carbons (Fsp3) is 0.133. The van der Waals surface area contributed by atoms with Crippen molar-refractivity contribution in [2.75, 3.05) is 0 Å². The van der Waals surface area contributed by atoms with Crippen LogP contribution in [0, 0.1) is 0 Å². The average Bonchev–Trinajstić information content (AvgIpc) is 2.76. The summed E-state index contributed by atoms with van der Waals surface area (Å²) in [6.45, 7) is 0.474. The summed E-state index contributed by atoms with van der Waals surface area (Å²) in [7, 11) is 1.99. The maximum absolute atomic E-state index is 6.33. The topological polar surface area (TPSA) is 43.8 Å². The molecule has 0 unspecified atom stereocenters. The second-order valence-electron chi connectivity index (χ2n) is 4.61. The van der Waals surface area contributed by atoms with E-state index >= 15 is 0 Å². The Balaban J connectivity index is 2.29. The number of nitrogens with zero attached hydrogens (tertiary/aromatic N) is 2. The molecular formula is C15H13BrClN3. The number of hydrogen-bond acceptors (Lipinski definition) is 2. The highest BCUT2D eigenvalue weighted by Gasteiger charge is 2.14. The van der Waals surface area contributed by atoms with Gasteiger partial charge in [-0.2, -0.15) is 0 Å². The number of imidazole rings is 1. The van der Waals surface area contributed by atoms with Crippen molar-refractivity contribution < 1.29 is 0 Å². The monoisotopic (exact) mass is 349 g/mol. The lowest BCUT2D eigenvalue weighted by atomic mass is 10.2. The van der Waals surface area contributed by atoms with Crippen LogP contribution in [0.3, 0.4) is 0 Å². The van der Waals surface area contributed by atoms with Gasteiger partial charge in [0.05, 0.1) is 16.1 Å². The van der Waals surface area contributed by atoms with Crippen LogP contribution in [-0.2, 0) is 13.6 Å². The summed E-state index contributed by atoms with van der Waals surface area (Å²) in [5, 5.41) is 0.673. The summed E-state index contributed by atoms with van der Waals surface area (Å²) in [6, 6.07) is 11.8. The lowest BCUT2D eigenvalue weighted by molar-refractivity contribution is 0.959. The van der Waals surface area contributed by atoms with Crippen LogP contribution < -0.4 is 5.73 Å². The predicted octanol–water partition coefficient (Wildman–Crippen LogP) is 4.11. The zero-order valence-corrected chi connectivity index (χ0v) is 13.2. The summed E-state index contributed by atoms with van der Waals surface area (Å²) in [5.74, 6) is 0.846. The summed E-state index contributed by atoms with van der Waals surface area (Å²) in [5.41, 5.74) is 9.73. The van der Waals surface area contributed by atoms with Crippen LogP contribution in [0.5, 0.6) is 0 Å². The number of para-hydroxylation sites is 1. The fourth-order valence-electron chi connectivity index (χ4n) is 2.35. The zero-order valence-electron chi connectivity index (χ0n) is 10.9. The van der Waals surface area contributed by atoms with E-state index in [0.29, 0.717) is 11.6 Å². The molecule has 0 fully saturated rings. The highest BCUT2D eigenvalue weighted by molar-refractivity contribution is 9.10. The van der Waals surface area contributed by atoms with E-state index in [0.717, 1.165) is 32.5 Å². The predicted molar refractivity (Wildman–Crippen MR) is 86.8 cm³/mol. The first-order chi connectivity index (χ1) is 9.61. The molecule has 2 aromatic carbocycles. The molecule has 20 heavy (non-hydrogen) atoms. The normalized spacial score (nSPS) is 11.2. The molecule has 0 aliphatic carbocycles. The molecule has 0 bridgehead atoms. The van der Waals surface area contributed by atoms with E-state index in [1.54, 1.807) is 0 Å². The number of rotatable bonds is 2. The van der Waals surface area contributed by atoms with Crippen molar-refractivity contribution >= 4 is 38.6 Å². The minimum Gasteiger partial charge on any atom is -0.327 e. The minimum absolute atomic E-state index is 0.474. The van der Waals surface area contributed by atoms with E-state index < -0.39 is 0 Å². The van der Waals surface area contributed by atoms with E-state index in [1.807, 2.05) is 48.0 Å². The van der Waals surface area contributed by atoms with Crippen LogP contribution in [-0.4, -0.2) is 9.55 Å². The first kappa shape index (κ1) is 13.6. The number of aromatic nitrogens is 2. The highest BCUT2D eigenvalue weighted by atomic mass is 79.9. The molecule has 0 amide bonds. The molecule has 1 heterocycles. The maximum atomic E-state index is 6.33. The van der Waals surface area contributed by atoms with E-state index in [9.17, 15) is 0 Å². The number of hydrogen-bond donors (Lipinski definition) is 1. The van der Waals surface area contributed by atoms with Crippen LogP contribution in [0.2, 0.25) is 5.02 Å². The molecule has 3 rings (SSSR count). The summed E-state index contributed by atoms with van der Waals surface area (Å²) in [4.78, 5) is 4.73. The molecule has 2 N–H and O–H groups in total. The molecule has 0 radical (unpaired) electrons. The summed E-state index contributed by atoms with van der Waals surface area (Å²) < 4.78 is 3.00. The highest BCUT2D eigenvalue weighted by Crippen LogP contribution is 2.32. The number of benzene rings is 2. The Morgan fingerprint density at radius 3 is 2.80 bits per heavy atom. The van der Waals surface area contributed by atoms with Crippen molar-refractivity contribution in [3.05, 3.63) is 51.5 Å². The maximum Gasteiger partial charge on any atom is 0.142 e. The van der Waals surface area contributed by atoms with Crippen LogP contribution in [0.4, 0.5) is 0 Å². The smallest absolute Gasteiger partial charge is 0.142 e. The molecule has 3 nitrogen and oxygen atoms in total. The molecule has 3 aromatic rings. The van der Waals surface area contributed by atoms with Crippen molar-refractivity contribution in [2.24, 2.45) is 12.8 Å². The van der Waals surface area contributed by atoms with Gasteiger partial charge in [-0.25, -0.2) is 4.98 Å². The molecule has 102 valence electrons. The molecule has 0 spiro atoms. The zero-order chi connectivity index (χ0) is 14.3. The molecule has 0 saturated carbocycles. The Kier molecular flexibility index (Phi) is 3.54. The summed E-state index contributed by atoms with van der Waals surface area (Å²) in [6.07, 6.45) is 0. The SMILES string of the molecule is Cn1c(-c2ccc(Br)cc2Cl)nc2c(CN)cccc21. The van der Waals surface area contributed by atoms with Crippen LogP contribution >= 0.6 is 27.5 Å². The second-order valence-corrected chi connectivity index (χ2v) is 5.93. The van der Waals surface area contributed by atoms with Gasteiger partial charge < -0.3 is 10.3 Å². The Morgan fingerprint density at radius 1 is 1.30 bits per heavy atom. The molecule has 0 aliphatic heterocycles. The fourth-order valence-corrected chi connectivity index (χ4v) is 3.11. The Morgan fingerprint density at radius 2 is 2.10 bits per heavy atom. The lowest BCUT2D eigenvalue weighted by Gasteiger charge is -2.05. The van der Waals surface area contributed by atoms with E-state index in [4.69, 9.17) is 22.3 Å². The third-order valence-electron chi connectivity index (χ3n) is 3.39. The molecule has 0 aliphatic rings. The van der Waals surface area contributed by atoms with Crippen molar-refractivity contribution in [3.8, 4) is 11.4 Å². The number of nitrogens with two attached hydrogens (primary N) is 1. The van der Waals surface area contributed by atoms with Gasteiger partial charge in [-0.15, -0.1) is 0 Å². The lowest BCUT2D eigenvalue weighted by Crippen LogP contribution is -1.97. The van der Waals surface area contributed by atoms with E-state index in [2.05, 4.69) is 15.9 Å². The largest absolute Gasteiger partial charge is 0.327 e. The van der Waals surface area contributed by atoms with Crippen molar-refractivity contribution in [1.82, 2.24) is 9.55 Å². The van der Waals surface area contributed by atoms with Gasteiger partial charge in [0.1, 0.15) is 5.82 Å². The Bertz CT molecular complexity index is 795. The number of aryl methyl sites for hydroxylation is 1. The molecule has 5 heteroatoms. The average molecular weight is 351 g/mol. The van der Waals surface area contributed by atoms with Crippen LogP contribution in [0.1, 0.15) is 5.56 Å². The summed E-state index contributed by atoms with van der Waals surface area (Å²) >= 11 is 9.75. The molecule has 1 aromatic heterocycles. The first-order valence-electron chi connectivity index (χ1n) is 6.21. The van der Waals surface area contributed by atoms with Gasteiger partial charge in [0, 0.05) is 23.6 Å². The third kappa shape index (κ3) is 2.14. The quantitative estimate of drug-likeness (QED) is 0.755. The van der Waals surface area contributed by atoms with Gasteiger partial charge in [-0.05, 0) is 29.8 Å². The first-order valence-corrected chi connectivity index (χ1v) is 7.38. The molecular weight excluding hydrogens is 338 g/mol. The third-order valence-corrected chi connectivity index (χ3v) is 4.19. The van der Waals surface area contributed by atoms with Gasteiger partial charge in [-0.1, -0.05) is 39.7 Å². The van der Waals surface area contributed by atoms with Crippen molar-refractivity contribution in [3.63, 3.8) is 0 Å². The Hall–Kier alpha value is -1.36. The van der Waals surface area contributed by atoms with Crippen LogP contribution in [0.25, 0.3) is 22.4 Å². The molecule has 0 atom stereocenters. The van der Waals surface area contributed by atoms with Gasteiger partial charge in [0.2, 0.25) is 0 Å². The second kappa shape index (κ2) is 5.20. The van der Waals surface area contributed by atoms with E-state index in [-0.39, 0.29) is 0 Å². The van der Waals surface area contributed by atoms with Crippen molar-refractivity contribution in [1.29, 1.82) is 0 Å². The van der Waals surface area contributed by atoms with E-state index in [1.165, 1.54) is 0 Å². The van der Waals surface area contributed by atoms with Gasteiger partial charge in [-0.3, -0.25) is 0 Å². The number of halogens is 2. The number of fused-ring (bicyclic) bond motifs is 1. The standard InChI is InChI=1S/C15H13BrClN3/c1-20-13-4-2-3-9(8-18)14(13)19-15(20)11-6-5-10(16)7-12(11)17/h2-7H,8,18H2,1H3. The van der Waals surface area contributed by atoms with Gasteiger partial charge in [0.25, 0.3) is 0 Å². The van der Waals surface area contributed by atoms with Crippen molar-refractivity contribution in [2.45, 2.75) is 6.54 Å².